The van der Waals surface area contributed by atoms with Crippen molar-refractivity contribution in [1.29, 1.82) is 0 Å². The van der Waals surface area contributed by atoms with Gasteiger partial charge in [-0.3, -0.25) is 5.32 Å². The number of nitrogens with one attached hydrogen (secondary N) is 1. The molecule has 0 unspecified atom stereocenters. The molecule has 1 nitrogen and oxygen atoms in total. The Balaban J connectivity index is 5.80. The van der Waals surface area contributed by atoms with Crippen LogP contribution in [0.15, 0.2) is 0 Å². The zero-order valence-electron chi connectivity index (χ0n) is 8.16. The van der Waals surface area contributed by atoms with Crippen molar-refractivity contribution in [2.45, 2.75) is 30.0 Å². The first kappa shape index (κ1) is 17.2. The second kappa shape index (κ2) is 4.10. The van der Waals surface area contributed by atoms with E-state index in [0.29, 0.717) is 0 Å². The molecule has 0 aliphatic rings. The minimum Gasteiger partial charge on any atom is -0.256 e. The second-order valence-corrected chi connectivity index (χ2v) is 3.05. The molecule has 0 aliphatic heterocycles. The largest absolute Gasteiger partial charge is 0.460 e. The van der Waals surface area contributed by atoms with Crippen LogP contribution < -0.4 is 5.32 Å². The molecule has 18 heavy (non-hydrogen) atoms. The van der Waals surface area contributed by atoms with E-state index in [2.05, 4.69) is 0 Å². The lowest BCUT2D eigenvalue weighted by Crippen LogP contribution is -2.69. The standard InChI is InChI=1S/C6H4F11N/c1-18-6(16,17)4(11,12)2(7,8)3(9,10)5(13,14)15/h18H,1H3. The van der Waals surface area contributed by atoms with Crippen LogP contribution in [0.2, 0.25) is 0 Å². The molecule has 0 atom stereocenters. The van der Waals surface area contributed by atoms with Crippen LogP contribution in [0.1, 0.15) is 0 Å². The monoisotopic (exact) mass is 299 g/mol. The number of hydrogen-bond acceptors (Lipinski definition) is 1. The van der Waals surface area contributed by atoms with E-state index < -0.39 is 30.0 Å². The van der Waals surface area contributed by atoms with Crippen molar-refractivity contribution in [2.75, 3.05) is 7.05 Å². The summed E-state index contributed by atoms with van der Waals surface area (Å²) >= 11 is 0. The maximum absolute atomic E-state index is 12.5. The first-order valence-corrected chi connectivity index (χ1v) is 3.83. The van der Waals surface area contributed by atoms with Crippen molar-refractivity contribution < 1.29 is 48.3 Å². The Morgan fingerprint density at radius 3 is 1.11 bits per heavy atom. The summed E-state index contributed by atoms with van der Waals surface area (Å²) in [5, 5.41) is 0.247. The van der Waals surface area contributed by atoms with Crippen molar-refractivity contribution in [1.82, 2.24) is 5.32 Å². The lowest BCUT2D eigenvalue weighted by molar-refractivity contribution is -0.424. The fourth-order valence-corrected chi connectivity index (χ4v) is 0.729. The zero-order chi connectivity index (χ0) is 15.2. The Kier molecular flexibility index (Phi) is 3.91. The highest BCUT2D eigenvalue weighted by Crippen LogP contribution is 2.56. The lowest BCUT2D eigenvalue weighted by Gasteiger charge is -2.36. The van der Waals surface area contributed by atoms with Crippen LogP contribution in [0.25, 0.3) is 0 Å². The highest BCUT2D eigenvalue weighted by Gasteiger charge is 2.87. The molecule has 0 saturated heterocycles. The summed E-state index contributed by atoms with van der Waals surface area (Å²) in [7, 11) is -0.0181. The third-order valence-electron chi connectivity index (χ3n) is 1.85. The topological polar surface area (TPSA) is 12.0 Å². The molecule has 12 heteroatoms. The van der Waals surface area contributed by atoms with Gasteiger partial charge in [-0.05, 0) is 7.05 Å². The first-order chi connectivity index (χ1) is 7.56. The number of hydrogen-bond donors (Lipinski definition) is 1. The van der Waals surface area contributed by atoms with E-state index in [1.54, 1.807) is 0 Å². The van der Waals surface area contributed by atoms with Crippen LogP contribution in [0.3, 0.4) is 0 Å². The summed E-state index contributed by atoms with van der Waals surface area (Å²) in [6, 6.07) is -5.97. The van der Waals surface area contributed by atoms with E-state index in [1.165, 1.54) is 0 Å². The van der Waals surface area contributed by atoms with Crippen molar-refractivity contribution in [3.8, 4) is 0 Å². The summed E-state index contributed by atoms with van der Waals surface area (Å²) in [6.07, 6.45) is -7.12. The number of halogens is 11. The highest BCUT2D eigenvalue weighted by atomic mass is 19.4. The second-order valence-electron chi connectivity index (χ2n) is 3.05. The number of alkyl halides is 11. The summed E-state index contributed by atoms with van der Waals surface area (Å²) in [5.74, 6) is -21.6. The molecule has 0 amide bonds. The van der Waals surface area contributed by atoms with Gasteiger partial charge in [0.25, 0.3) is 0 Å². The third kappa shape index (κ3) is 2.10. The molecule has 1 N–H and O–H groups in total. The van der Waals surface area contributed by atoms with Crippen LogP contribution in [0.5, 0.6) is 0 Å². The SMILES string of the molecule is CNC(F)(F)C(F)(F)C(F)(F)C(F)(F)C(F)(F)F. The molecule has 0 rings (SSSR count). The number of rotatable bonds is 4. The minimum atomic E-state index is -7.34. The summed E-state index contributed by atoms with van der Waals surface area (Å²) in [6.45, 7) is 0. The van der Waals surface area contributed by atoms with Gasteiger partial charge in [-0.15, -0.1) is 0 Å². The van der Waals surface area contributed by atoms with E-state index in [4.69, 9.17) is 0 Å². The third-order valence-corrected chi connectivity index (χ3v) is 1.85. The average molecular weight is 299 g/mol. The van der Waals surface area contributed by atoms with Crippen molar-refractivity contribution in [3.05, 3.63) is 0 Å². The van der Waals surface area contributed by atoms with Gasteiger partial charge in [0, 0.05) is 0 Å². The van der Waals surface area contributed by atoms with Gasteiger partial charge in [0.2, 0.25) is 0 Å². The van der Waals surface area contributed by atoms with Crippen LogP contribution >= 0.6 is 0 Å². The van der Waals surface area contributed by atoms with Crippen molar-refractivity contribution in [2.24, 2.45) is 0 Å². The summed E-state index contributed by atoms with van der Waals surface area (Å²) in [5.41, 5.74) is 0. The van der Waals surface area contributed by atoms with E-state index in [0.717, 1.165) is 0 Å². The quantitative estimate of drug-likeness (QED) is 0.620. The molecule has 0 aromatic rings. The molecule has 110 valence electrons. The van der Waals surface area contributed by atoms with Crippen molar-refractivity contribution in [3.63, 3.8) is 0 Å². The molecule has 0 radical (unpaired) electrons. The van der Waals surface area contributed by atoms with Crippen LogP contribution in [0, 0.1) is 0 Å². The molecule has 0 aliphatic carbocycles. The fraction of sp³-hybridized carbons (Fsp3) is 1.00. The maximum Gasteiger partial charge on any atom is 0.460 e. The molecule has 0 saturated carbocycles. The Labute approximate surface area is 91.9 Å². The predicted molar refractivity (Wildman–Crippen MR) is 34.9 cm³/mol. The maximum atomic E-state index is 12.5. The van der Waals surface area contributed by atoms with Gasteiger partial charge >= 0.3 is 30.0 Å². The first-order valence-electron chi connectivity index (χ1n) is 3.83. The van der Waals surface area contributed by atoms with E-state index in [9.17, 15) is 48.3 Å². The average Bonchev–Trinajstić information content (AvgIpc) is 2.15. The smallest absolute Gasteiger partial charge is 0.256 e. The molecular formula is C6H4F11N. The van der Waals surface area contributed by atoms with E-state index in [-0.39, 0.29) is 12.4 Å². The van der Waals surface area contributed by atoms with Crippen molar-refractivity contribution >= 4 is 0 Å². The van der Waals surface area contributed by atoms with Crippen LogP contribution in [-0.4, -0.2) is 37.0 Å². The van der Waals surface area contributed by atoms with Crippen LogP contribution in [0.4, 0.5) is 48.3 Å². The molecule has 0 bridgehead atoms. The Morgan fingerprint density at radius 1 is 0.556 bits per heavy atom. The summed E-state index contributed by atoms with van der Waals surface area (Å²) < 4.78 is 133. The molecule has 0 aromatic carbocycles. The van der Waals surface area contributed by atoms with Gasteiger partial charge in [-0.2, -0.15) is 48.3 Å². The molecule has 0 aromatic heterocycles. The Hall–Kier alpha value is -0.810. The van der Waals surface area contributed by atoms with Gasteiger partial charge in [-0.1, -0.05) is 0 Å². The van der Waals surface area contributed by atoms with E-state index in [1.807, 2.05) is 0 Å². The minimum absolute atomic E-state index is 0.0181. The normalized spacial score (nSPS) is 16.0. The van der Waals surface area contributed by atoms with Gasteiger partial charge in [0.15, 0.2) is 0 Å². The summed E-state index contributed by atoms with van der Waals surface area (Å²) in [4.78, 5) is 0. The van der Waals surface area contributed by atoms with Gasteiger partial charge < -0.3 is 0 Å². The van der Waals surface area contributed by atoms with Gasteiger partial charge in [-0.25, -0.2) is 0 Å². The van der Waals surface area contributed by atoms with Crippen LogP contribution in [-0.2, 0) is 0 Å². The lowest BCUT2D eigenvalue weighted by atomic mass is 10.0. The van der Waals surface area contributed by atoms with Gasteiger partial charge in [0.1, 0.15) is 0 Å². The van der Waals surface area contributed by atoms with Gasteiger partial charge in [0.05, 0.1) is 0 Å². The fourth-order valence-electron chi connectivity index (χ4n) is 0.729. The van der Waals surface area contributed by atoms with E-state index >= 15 is 0 Å². The molecule has 0 heterocycles. The Bertz CT molecular complexity index is 303. The zero-order valence-corrected chi connectivity index (χ0v) is 8.16. The molecule has 0 spiro atoms. The molecule has 0 fully saturated rings. The highest BCUT2D eigenvalue weighted by molar-refractivity contribution is 5.05. The Morgan fingerprint density at radius 2 is 0.889 bits per heavy atom. The predicted octanol–water partition coefficient (Wildman–Crippen LogP) is 3.27. The molecular weight excluding hydrogens is 295 g/mol.